The first-order valence-electron chi connectivity index (χ1n) is 4.62. The Bertz CT molecular complexity index is 210. The molecule has 0 bridgehead atoms. The quantitative estimate of drug-likeness (QED) is 0.520. The van der Waals surface area contributed by atoms with E-state index in [9.17, 15) is 0 Å². The third-order valence-electron chi connectivity index (χ3n) is 1.17. The molecule has 0 aliphatic heterocycles. The fourth-order valence-corrected chi connectivity index (χ4v) is 6.25. The Balaban J connectivity index is 4.48. The van der Waals surface area contributed by atoms with Gasteiger partial charge in [-0.2, -0.15) is 0 Å². The molecule has 0 aromatic carbocycles. The van der Waals surface area contributed by atoms with Crippen molar-refractivity contribution < 1.29 is 13.0 Å². The largest absolute Gasteiger partial charge is 0.617 e. The molecule has 0 saturated heterocycles. The molecule has 3 nitrogen and oxygen atoms in total. The van der Waals surface area contributed by atoms with E-state index in [0.717, 1.165) is 0 Å². The zero-order chi connectivity index (χ0) is 11.4. The van der Waals surface area contributed by atoms with Crippen LogP contribution >= 0.6 is 0 Å². The molecule has 82 valence electrons. The van der Waals surface area contributed by atoms with Gasteiger partial charge < -0.3 is 13.0 Å². The van der Waals surface area contributed by atoms with E-state index in [2.05, 4.69) is 26.3 Å². The molecule has 0 aliphatic rings. The Labute approximate surface area is 89.5 Å². The van der Waals surface area contributed by atoms with E-state index >= 15 is 0 Å². The second-order valence-electron chi connectivity index (χ2n) is 3.64. The summed E-state index contributed by atoms with van der Waals surface area (Å²) in [5.74, 6) is 1.24. The van der Waals surface area contributed by atoms with Gasteiger partial charge in [-0.1, -0.05) is 13.2 Å². The average Bonchev–Trinajstić information content (AvgIpc) is 1.76. The van der Waals surface area contributed by atoms with E-state index in [0.29, 0.717) is 11.5 Å². The van der Waals surface area contributed by atoms with E-state index in [1.54, 1.807) is 13.8 Å². The summed E-state index contributed by atoms with van der Waals surface area (Å²) in [4.78, 5) is 0. The van der Waals surface area contributed by atoms with Crippen LogP contribution in [0.4, 0.5) is 0 Å². The van der Waals surface area contributed by atoms with Crippen LogP contribution in [0.2, 0.25) is 19.6 Å². The van der Waals surface area contributed by atoms with Gasteiger partial charge in [-0.3, -0.25) is 0 Å². The van der Waals surface area contributed by atoms with Gasteiger partial charge in [0.1, 0.15) is 0 Å². The SMILES string of the molecule is C=C(C)O[Si](C)(OC(=C)C)O[SiH](C)C. The zero-order valence-corrected chi connectivity index (χ0v) is 11.9. The van der Waals surface area contributed by atoms with Crippen LogP contribution in [0.25, 0.3) is 0 Å². The lowest BCUT2D eigenvalue weighted by atomic mass is 10.7. The lowest BCUT2D eigenvalue weighted by Crippen LogP contribution is -2.44. The van der Waals surface area contributed by atoms with Gasteiger partial charge in [0.25, 0.3) is 0 Å². The Hall–Kier alpha value is -0.526. The van der Waals surface area contributed by atoms with E-state index in [4.69, 9.17) is 13.0 Å². The summed E-state index contributed by atoms with van der Waals surface area (Å²) in [7, 11) is -3.76. The molecule has 0 saturated carbocycles. The van der Waals surface area contributed by atoms with E-state index in [1.807, 2.05) is 6.55 Å². The minimum absolute atomic E-state index is 0.620. The van der Waals surface area contributed by atoms with Crippen LogP contribution in [0.5, 0.6) is 0 Å². The maximum absolute atomic E-state index is 5.77. The second-order valence-corrected chi connectivity index (χ2v) is 8.81. The van der Waals surface area contributed by atoms with Crippen molar-refractivity contribution in [2.45, 2.75) is 33.5 Å². The maximum atomic E-state index is 5.77. The summed E-state index contributed by atoms with van der Waals surface area (Å²) in [6.07, 6.45) is 0. The second kappa shape index (κ2) is 5.38. The molecule has 14 heavy (non-hydrogen) atoms. The highest BCUT2D eigenvalue weighted by Gasteiger charge is 2.40. The van der Waals surface area contributed by atoms with Crippen molar-refractivity contribution in [3.8, 4) is 0 Å². The molecule has 0 atom stereocenters. The van der Waals surface area contributed by atoms with Crippen molar-refractivity contribution in [2.75, 3.05) is 0 Å². The van der Waals surface area contributed by atoms with Crippen molar-refractivity contribution in [3.05, 3.63) is 24.7 Å². The topological polar surface area (TPSA) is 27.7 Å². The summed E-state index contributed by atoms with van der Waals surface area (Å²) in [5, 5.41) is 0. The Kier molecular flexibility index (Phi) is 5.18. The number of allylic oxidation sites excluding steroid dienone is 2. The smallest absolute Gasteiger partial charge is 0.498 e. The predicted octanol–water partition coefficient (Wildman–Crippen LogP) is 2.66. The van der Waals surface area contributed by atoms with E-state index in [1.165, 1.54) is 0 Å². The van der Waals surface area contributed by atoms with Crippen LogP contribution in [0.3, 0.4) is 0 Å². The highest BCUT2D eigenvalue weighted by Crippen LogP contribution is 2.17. The van der Waals surface area contributed by atoms with Crippen LogP contribution < -0.4 is 0 Å². The zero-order valence-electron chi connectivity index (χ0n) is 9.72. The summed E-state index contributed by atoms with van der Waals surface area (Å²) in [6, 6.07) is 0. The van der Waals surface area contributed by atoms with Crippen LogP contribution in [0, 0.1) is 0 Å². The van der Waals surface area contributed by atoms with Gasteiger partial charge in [0.15, 0.2) is 9.04 Å². The van der Waals surface area contributed by atoms with Crippen LogP contribution in [0.1, 0.15) is 13.8 Å². The molecule has 0 radical (unpaired) electrons. The lowest BCUT2D eigenvalue weighted by molar-refractivity contribution is 0.186. The fourth-order valence-electron chi connectivity index (χ4n) is 1.13. The minimum atomic E-state index is -2.58. The Morgan fingerprint density at radius 2 is 1.43 bits per heavy atom. The van der Waals surface area contributed by atoms with Crippen LogP contribution in [0.15, 0.2) is 24.7 Å². The van der Waals surface area contributed by atoms with Crippen molar-refractivity contribution in [1.82, 2.24) is 0 Å². The van der Waals surface area contributed by atoms with Crippen molar-refractivity contribution in [3.63, 3.8) is 0 Å². The average molecular weight is 232 g/mol. The molecular weight excluding hydrogens is 212 g/mol. The van der Waals surface area contributed by atoms with Gasteiger partial charge in [-0.05, 0) is 26.9 Å². The molecule has 0 heterocycles. The standard InChI is InChI=1S/C9H20O3Si2/c1-8(2)10-14(7,11-9(3)4)12-13(5)6/h13H,1,3H2,2,4-7H3. The summed E-state index contributed by atoms with van der Waals surface area (Å²) >= 11 is 0. The summed E-state index contributed by atoms with van der Waals surface area (Å²) < 4.78 is 16.8. The molecule has 0 N–H and O–H groups in total. The van der Waals surface area contributed by atoms with Crippen molar-refractivity contribution in [1.29, 1.82) is 0 Å². The summed E-state index contributed by atoms with van der Waals surface area (Å²) in [6.45, 7) is 17.0. The minimum Gasteiger partial charge on any atom is -0.498 e. The van der Waals surface area contributed by atoms with E-state index < -0.39 is 17.8 Å². The molecule has 0 amide bonds. The number of rotatable bonds is 6. The molecule has 0 spiro atoms. The van der Waals surface area contributed by atoms with Crippen LogP contribution in [-0.4, -0.2) is 17.8 Å². The summed E-state index contributed by atoms with van der Waals surface area (Å²) in [5.41, 5.74) is 0. The molecule has 0 unspecified atom stereocenters. The third kappa shape index (κ3) is 6.01. The first-order chi connectivity index (χ1) is 6.25. The third-order valence-corrected chi connectivity index (χ3v) is 6.21. The normalized spacial score (nSPS) is 11.3. The van der Waals surface area contributed by atoms with Gasteiger partial charge in [0, 0.05) is 6.55 Å². The molecule has 0 aliphatic carbocycles. The molecule has 5 heteroatoms. The van der Waals surface area contributed by atoms with Crippen molar-refractivity contribution >= 4 is 17.8 Å². The van der Waals surface area contributed by atoms with Gasteiger partial charge in [0.05, 0.1) is 11.5 Å². The number of hydrogen-bond donors (Lipinski definition) is 0. The molecule has 0 rings (SSSR count). The molecule has 0 aromatic heterocycles. The number of hydrogen-bond acceptors (Lipinski definition) is 3. The van der Waals surface area contributed by atoms with Gasteiger partial charge in [-0.25, -0.2) is 0 Å². The molecular formula is C9H20O3Si2. The highest BCUT2D eigenvalue weighted by molar-refractivity contribution is 6.69. The van der Waals surface area contributed by atoms with Crippen LogP contribution in [-0.2, 0) is 13.0 Å². The lowest BCUT2D eigenvalue weighted by Gasteiger charge is -2.28. The molecule has 0 fully saturated rings. The monoisotopic (exact) mass is 232 g/mol. The highest BCUT2D eigenvalue weighted by atomic mass is 28.4. The molecule has 0 aromatic rings. The van der Waals surface area contributed by atoms with Gasteiger partial charge >= 0.3 is 8.80 Å². The maximum Gasteiger partial charge on any atom is 0.617 e. The van der Waals surface area contributed by atoms with Gasteiger partial charge in [0.2, 0.25) is 0 Å². The Morgan fingerprint density at radius 3 is 1.64 bits per heavy atom. The fraction of sp³-hybridized carbons (Fsp3) is 0.556. The first-order valence-corrected chi connectivity index (χ1v) is 9.62. The van der Waals surface area contributed by atoms with Crippen molar-refractivity contribution in [2.24, 2.45) is 0 Å². The van der Waals surface area contributed by atoms with Gasteiger partial charge in [-0.15, -0.1) is 0 Å². The van der Waals surface area contributed by atoms with E-state index in [-0.39, 0.29) is 0 Å². The predicted molar refractivity (Wildman–Crippen MR) is 63.4 cm³/mol. The Morgan fingerprint density at radius 1 is 1.07 bits per heavy atom. The first kappa shape index (κ1) is 13.5.